The molecule has 24 heavy (non-hydrogen) atoms. The van der Waals surface area contributed by atoms with Crippen molar-refractivity contribution in [1.29, 1.82) is 0 Å². The van der Waals surface area contributed by atoms with Gasteiger partial charge in [-0.2, -0.15) is 5.10 Å². The number of benzene rings is 2. The largest absolute Gasteiger partial charge is 0.306 e. The minimum atomic E-state index is -0.127. The number of aryl methyl sites for hydroxylation is 2. The van der Waals surface area contributed by atoms with Crippen molar-refractivity contribution in [3.05, 3.63) is 76.3 Å². The van der Waals surface area contributed by atoms with Gasteiger partial charge < -0.3 is 4.98 Å². The minimum Gasteiger partial charge on any atom is -0.306 e. The zero-order chi connectivity index (χ0) is 16.7. The predicted molar refractivity (Wildman–Crippen MR) is 94.4 cm³/mol. The molecule has 0 aliphatic carbocycles. The van der Waals surface area contributed by atoms with Crippen LogP contribution in [0.3, 0.4) is 0 Å². The fraction of sp³-hybridized carbons (Fsp3) is 0.105. The van der Waals surface area contributed by atoms with E-state index in [4.69, 9.17) is 0 Å². The number of aromatic nitrogens is 4. The van der Waals surface area contributed by atoms with Gasteiger partial charge in [0.15, 0.2) is 0 Å². The third-order valence-corrected chi connectivity index (χ3v) is 4.01. The molecular weight excluding hydrogens is 300 g/mol. The Morgan fingerprint density at radius 3 is 2.46 bits per heavy atom. The number of rotatable bonds is 2. The molecule has 0 unspecified atom stereocenters. The molecule has 5 nitrogen and oxygen atoms in total. The summed E-state index contributed by atoms with van der Waals surface area (Å²) >= 11 is 0. The quantitative estimate of drug-likeness (QED) is 0.616. The Bertz CT molecular complexity index is 1090. The lowest BCUT2D eigenvalue weighted by Gasteiger charge is -2.07. The van der Waals surface area contributed by atoms with E-state index in [2.05, 4.69) is 15.1 Å². The summed E-state index contributed by atoms with van der Waals surface area (Å²) in [6, 6.07) is 17.2. The predicted octanol–water partition coefficient (Wildman–Crippen LogP) is 3.39. The maximum Gasteiger partial charge on any atom is 0.259 e. The number of fused-ring (bicyclic) bond motifs is 1. The molecular formula is C19H16N4O. The van der Waals surface area contributed by atoms with Crippen molar-refractivity contribution in [2.75, 3.05) is 0 Å². The third kappa shape index (κ3) is 2.40. The lowest BCUT2D eigenvalue weighted by atomic mass is 10.1. The first-order valence-electron chi connectivity index (χ1n) is 7.75. The summed E-state index contributed by atoms with van der Waals surface area (Å²) in [4.78, 5) is 19.6. The van der Waals surface area contributed by atoms with Crippen LogP contribution >= 0.6 is 0 Å². The summed E-state index contributed by atoms with van der Waals surface area (Å²) in [6.07, 6.45) is 0. The normalized spacial score (nSPS) is 11.1. The topological polar surface area (TPSA) is 63.6 Å². The average Bonchev–Trinajstić information content (AvgIpc) is 2.93. The highest BCUT2D eigenvalue weighted by molar-refractivity contribution is 5.79. The second kappa shape index (κ2) is 5.45. The van der Waals surface area contributed by atoms with E-state index in [1.165, 1.54) is 0 Å². The van der Waals surface area contributed by atoms with Crippen molar-refractivity contribution in [2.45, 2.75) is 13.8 Å². The fourth-order valence-corrected chi connectivity index (χ4v) is 2.87. The number of para-hydroxylation sites is 1. The second-order valence-electron chi connectivity index (χ2n) is 5.82. The Morgan fingerprint density at radius 1 is 1.00 bits per heavy atom. The van der Waals surface area contributed by atoms with Crippen molar-refractivity contribution in [2.24, 2.45) is 0 Å². The van der Waals surface area contributed by atoms with Crippen LogP contribution in [-0.2, 0) is 0 Å². The monoisotopic (exact) mass is 316 g/mol. The fourth-order valence-electron chi connectivity index (χ4n) is 2.87. The lowest BCUT2D eigenvalue weighted by molar-refractivity contribution is 0.833. The van der Waals surface area contributed by atoms with Gasteiger partial charge in [0.25, 0.3) is 5.56 Å². The smallest absolute Gasteiger partial charge is 0.259 e. The van der Waals surface area contributed by atoms with Crippen molar-refractivity contribution < 1.29 is 0 Å². The number of aromatic amines is 1. The average molecular weight is 316 g/mol. The third-order valence-electron chi connectivity index (χ3n) is 4.01. The molecule has 4 rings (SSSR count). The zero-order valence-corrected chi connectivity index (χ0v) is 13.4. The number of hydrogen-bond acceptors (Lipinski definition) is 3. The summed E-state index contributed by atoms with van der Waals surface area (Å²) in [6.45, 7) is 4.00. The highest BCUT2D eigenvalue weighted by atomic mass is 16.1. The molecule has 0 fully saturated rings. The summed E-state index contributed by atoms with van der Waals surface area (Å²) in [5.74, 6) is 0.568. The Kier molecular flexibility index (Phi) is 3.27. The van der Waals surface area contributed by atoms with E-state index in [9.17, 15) is 4.79 Å². The molecule has 2 aromatic heterocycles. The van der Waals surface area contributed by atoms with Crippen molar-refractivity contribution in [3.8, 4) is 17.1 Å². The van der Waals surface area contributed by atoms with Crippen LogP contribution < -0.4 is 5.56 Å². The highest BCUT2D eigenvalue weighted by Gasteiger charge is 2.07. The van der Waals surface area contributed by atoms with Crippen LogP contribution in [-0.4, -0.2) is 19.7 Å². The van der Waals surface area contributed by atoms with Gasteiger partial charge in [0, 0.05) is 11.3 Å². The molecule has 0 spiro atoms. The molecule has 1 N–H and O–H groups in total. The molecule has 0 atom stereocenters. The second-order valence-corrected chi connectivity index (χ2v) is 5.82. The van der Waals surface area contributed by atoms with E-state index in [1.807, 2.05) is 67.1 Å². The lowest BCUT2D eigenvalue weighted by Crippen LogP contribution is -2.09. The van der Waals surface area contributed by atoms with E-state index in [1.54, 1.807) is 6.07 Å². The first-order valence-corrected chi connectivity index (χ1v) is 7.75. The van der Waals surface area contributed by atoms with Crippen LogP contribution in [0.1, 0.15) is 11.4 Å². The maximum atomic E-state index is 12.2. The Morgan fingerprint density at radius 2 is 1.75 bits per heavy atom. The molecule has 2 aromatic carbocycles. The van der Waals surface area contributed by atoms with Gasteiger partial charge in [0.2, 0.25) is 0 Å². The van der Waals surface area contributed by atoms with Gasteiger partial charge in [-0.05, 0) is 56.3 Å². The zero-order valence-electron chi connectivity index (χ0n) is 13.4. The van der Waals surface area contributed by atoms with E-state index >= 15 is 0 Å². The van der Waals surface area contributed by atoms with Gasteiger partial charge in [-0.15, -0.1) is 0 Å². The van der Waals surface area contributed by atoms with E-state index in [0.717, 1.165) is 22.6 Å². The molecule has 0 radical (unpaired) electrons. The van der Waals surface area contributed by atoms with Gasteiger partial charge in [-0.25, -0.2) is 9.67 Å². The summed E-state index contributed by atoms with van der Waals surface area (Å²) < 4.78 is 1.90. The molecule has 2 heterocycles. The van der Waals surface area contributed by atoms with Crippen molar-refractivity contribution >= 4 is 10.9 Å². The van der Waals surface area contributed by atoms with Crippen LogP contribution in [0.2, 0.25) is 0 Å². The van der Waals surface area contributed by atoms with Crippen LogP contribution in [0.4, 0.5) is 0 Å². The summed E-state index contributed by atoms with van der Waals surface area (Å²) in [7, 11) is 0. The van der Waals surface area contributed by atoms with E-state index < -0.39 is 0 Å². The van der Waals surface area contributed by atoms with Crippen LogP contribution in [0.15, 0.2) is 59.4 Å². The van der Waals surface area contributed by atoms with Crippen molar-refractivity contribution in [3.63, 3.8) is 0 Å². The van der Waals surface area contributed by atoms with Crippen LogP contribution in [0.5, 0.6) is 0 Å². The number of H-pyrrole nitrogens is 1. The van der Waals surface area contributed by atoms with E-state index in [0.29, 0.717) is 16.7 Å². The minimum absolute atomic E-state index is 0.127. The van der Waals surface area contributed by atoms with Gasteiger partial charge in [-0.3, -0.25) is 4.79 Å². The molecule has 118 valence electrons. The Labute approximate surface area is 138 Å². The molecule has 0 aliphatic heterocycles. The van der Waals surface area contributed by atoms with Gasteiger partial charge in [-0.1, -0.05) is 12.1 Å². The molecule has 0 saturated heterocycles. The first-order chi connectivity index (χ1) is 11.6. The van der Waals surface area contributed by atoms with Gasteiger partial charge in [0.05, 0.1) is 22.3 Å². The summed E-state index contributed by atoms with van der Waals surface area (Å²) in [5, 5.41) is 5.08. The maximum absolute atomic E-state index is 12.2. The molecule has 0 bridgehead atoms. The van der Waals surface area contributed by atoms with Crippen molar-refractivity contribution in [1.82, 2.24) is 19.7 Å². The Balaban J connectivity index is 1.78. The SMILES string of the molecule is Cc1cc(C)n(-c2ccc(-c3nc4ccccc4c(=O)[nH]3)cc2)n1. The molecule has 0 saturated carbocycles. The van der Waals surface area contributed by atoms with Crippen LogP contribution in [0.25, 0.3) is 28.0 Å². The van der Waals surface area contributed by atoms with Gasteiger partial charge >= 0.3 is 0 Å². The number of nitrogens with zero attached hydrogens (tertiary/aromatic N) is 3. The summed E-state index contributed by atoms with van der Waals surface area (Å²) in [5.41, 5.74) is 4.47. The number of hydrogen-bond donors (Lipinski definition) is 1. The molecule has 5 heteroatoms. The number of nitrogens with one attached hydrogen (secondary N) is 1. The van der Waals surface area contributed by atoms with Gasteiger partial charge in [0.1, 0.15) is 5.82 Å². The molecule has 4 aromatic rings. The highest BCUT2D eigenvalue weighted by Crippen LogP contribution is 2.19. The molecule has 0 aliphatic rings. The Hall–Kier alpha value is -3.21. The van der Waals surface area contributed by atoms with Crippen LogP contribution in [0, 0.1) is 13.8 Å². The molecule has 0 amide bonds. The standard InChI is InChI=1S/C19H16N4O/c1-12-11-13(2)23(22-12)15-9-7-14(8-10-15)18-20-17-6-4-3-5-16(17)19(24)21-18/h3-11H,1-2H3,(H,20,21,24). The van der Waals surface area contributed by atoms with E-state index in [-0.39, 0.29) is 5.56 Å². The first kappa shape index (κ1) is 14.4.